The quantitative estimate of drug-likeness (QED) is 0.470. The van der Waals surface area contributed by atoms with Crippen molar-refractivity contribution in [2.24, 2.45) is 11.1 Å². The number of amides is 2. The van der Waals surface area contributed by atoms with E-state index >= 15 is 0 Å². The number of halogens is 1. The molecule has 2 amide bonds. The molecule has 2 aliphatic rings. The minimum absolute atomic E-state index is 0.120. The van der Waals surface area contributed by atoms with Crippen LogP contribution in [0.1, 0.15) is 29.7 Å². The third-order valence-electron chi connectivity index (χ3n) is 6.26. The maximum atomic E-state index is 13.2. The molecule has 2 fully saturated rings. The highest BCUT2D eigenvalue weighted by Crippen LogP contribution is 2.30. The van der Waals surface area contributed by atoms with Gasteiger partial charge in [-0.25, -0.2) is 13.8 Å². The van der Waals surface area contributed by atoms with Crippen LogP contribution in [-0.2, 0) is 9.47 Å². The summed E-state index contributed by atoms with van der Waals surface area (Å²) in [5.74, 6) is -0.722. The Hall–Kier alpha value is -3.47. The largest absolute Gasteiger partial charge is 0.449 e. The van der Waals surface area contributed by atoms with Gasteiger partial charge in [0.2, 0.25) is 0 Å². The van der Waals surface area contributed by atoms with E-state index < -0.39 is 5.91 Å². The Balaban J connectivity index is 1.49. The number of anilines is 2. The summed E-state index contributed by atoms with van der Waals surface area (Å²) in [5, 5.41) is 7.60. The molecular formula is C23H30FN6O4+. The van der Waals surface area contributed by atoms with Crippen LogP contribution in [0.15, 0.2) is 30.5 Å². The highest BCUT2D eigenvalue weighted by Gasteiger charge is 2.41. The third kappa shape index (κ3) is 5.04. The number of benzene rings is 1. The molecule has 2 aliphatic heterocycles. The zero-order valence-electron chi connectivity index (χ0n) is 19.4. The van der Waals surface area contributed by atoms with Gasteiger partial charge in [-0.1, -0.05) is 6.92 Å². The molecular weight excluding hydrogens is 443 g/mol. The number of carbonyl (C=O) groups excluding carboxylic acids is 2. The number of piperidine rings is 1. The number of primary amides is 1. The van der Waals surface area contributed by atoms with Gasteiger partial charge in [0, 0.05) is 23.8 Å². The first kappa shape index (κ1) is 23.7. The fourth-order valence-corrected chi connectivity index (χ4v) is 4.19. The molecule has 0 aliphatic carbocycles. The van der Waals surface area contributed by atoms with Gasteiger partial charge in [0.25, 0.3) is 5.91 Å². The number of hydrogen-bond donors (Lipinski definition) is 2. The lowest BCUT2D eigenvalue weighted by Gasteiger charge is -2.39. The van der Waals surface area contributed by atoms with E-state index in [0.717, 1.165) is 0 Å². The van der Waals surface area contributed by atoms with E-state index in [2.05, 4.69) is 17.1 Å². The van der Waals surface area contributed by atoms with Crippen LogP contribution in [0.2, 0.25) is 0 Å². The highest BCUT2D eigenvalue weighted by atomic mass is 19.1. The number of aromatic nitrogens is 2. The van der Waals surface area contributed by atoms with Crippen molar-refractivity contribution in [1.29, 1.82) is 0 Å². The van der Waals surface area contributed by atoms with Crippen LogP contribution in [0, 0.1) is 11.2 Å². The standard InChI is InChI=1S/C23H29FN6O4/c1-23(12-33-13-23)14-34-22(32)29-9-8-18(19(11-29)28(2)3)30-10-17(20(25)31)21(27-30)26-16-6-4-15(24)5-7-16/h4-7,10,18-19H,2,8-9,11-14H2,1,3H3,(H2-,25,26,27,31)/p+1. The number of likely N-dealkylation sites (N-methyl/N-ethyl adjacent to an activating group) is 1. The maximum Gasteiger partial charge on any atom is 0.410 e. The first-order chi connectivity index (χ1) is 16.1. The van der Waals surface area contributed by atoms with Crippen molar-refractivity contribution < 1.29 is 28.0 Å². The third-order valence-corrected chi connectivity index (χ3v) is 6.26. The van der Waals surface area contributed by atoms with Gasteiger partial charge in [0.05, 0.1) is 19.8 Å². The van der Waals surface area contributed by atoms with Crippen molar-refractivity contribution in [3.63, 3.8) is 0 Å². The molecule has 2 saturated heterocycles. The molecule has 0 bridgehead atoms. The molecule has 3 N–H and O–H groups in total. The lowest BCUT2D eigenvalue weighted by molar-refractivity contribution is -0.540. The molecule has 2 atom stereocenters. The summed E-state index contributed by atoms with van der Waals surface area (Å²) in [6, 6.07) is 5.38. The Morgan fingerprint density at radius 1 is 1.38 bits per heavy atom. The molecule has 2 unspecified atom stereocenters. The summed E-state index contributed by atoms with van der Waals surface area (Å²) in [4.78, 5) is 26.4. The highest BCUT2D eigenvalue weighted by molar-refractivity contribution is 5.98. The van der Waals surface area contributed by atoms with Crippen molar-refractivity contribution in [2.45, 2.75) is 25.4 Å². The fourth-order valence-electron chi connectivity index (χ4n) is 4.19. The number of carbonyl (C=O) groups is 2. The van der Waals surface area contributed by atoms with E-state index in [-0.39, 0.29) is 40.8 Å². The molecule has 0 saturated carbocycles. The number of hydrogen-bond acceptors (Lipinski definition) is 6. The number of rotatable bonds is 7. The van der Waals surface area contributed by atoms with Crippen LogP contribution >= 0.6 is 0 Å². The smallest absolute Gasteiger partial charge is 0.410 e. The van der Waals surface area contributed by atoms with Crippen LogP contribution in [0.4, 0.5) is 20.7 Å². The second-order valence-corrected chi connectivity index (χ2v) is 9.35. The molecule has 10 nitrogen and oxygen atoms in total. The van der Waals surface area contributed by atoms with Gasteiger partial charge < -0.3 is 25.4 Å². The predicted octanol–water partition coefficient (Wildman–Crippen LogP) is 2.00. The molecule has 3 heterocycles. The van der Waals surface area contributed by atoms with Crippen LogP contribution < -0.4 is 11.1 Å². The van der Waals surface area contributed by atoms with Gasteiger partial charge in [-0.2, -0.15) is 5.10 Å². The van der Waals surface area contributed by atoms with E-state index in [1.165, 1.54) is 12.1 Å². The minimum atomic E-state index is -0.634. The first-order valence-corrected chi connectivity index (χ1v) is 11.1. The maximum absolute atomic E-state index is 13.2. The number of likely N-dealkylation sites (tertiary alicyclic amines) is 1. The molecule has 1 aromatic heterocycles. The lowest BCUT2D eigenvalue weighted by Crippen LogP contribution is -2.52. The van der Waals surface area contributed by atoms with Crippen molar-refractivity contribution >= 4 is 30.2 Å². The Bertz CT molecular complexity index is 1080. The normalized spacial score (nSPS) is 21.4. The topological polar surface area (TPSA) is 115 Å². The van der Waals surface area contributed by atoms with E-state index in [0.29, 0.717) is 45.0 Å². The Kier molecular flexibility index (Phi) is 6.56. The minimum Gasteiger partial charge on any atom is -0.449 e. The van der Waals surface area contributed by atoms with E-state index in [1.54, 1.807) is 32.5 Å². The fraction of sp³-hybridized carbons (Fsp3) is 0.478. The number of nitrogens with two attached hydrogens (primary N) is 1. The molecule has 0 radical (unpaired) electrons. The van der Waals surface area contributed by atoms with Crippen LogP contribution in [-0.4, -0.2) is 84.0 Å². The summed E-state index contributed by atoms with van der Waals surface area (Å²) >= 11 is 0. The molecule has 34 heavy (non-hydrogen) atoms. The Morgan fingerprint density at radius 3 is 2.68 bits per heavy atom. The second kappa shape index (κ2) is 9.41. The number of ether oxygens (including phenoxy) is 2. The average molecular weight is 474 g/mol. The van der Waals surface area contributed by atoms with E-state index in [4.69, 9.17) is 15.2 Å². The van der Waals surface area contributed by atoms with E-state index in [1.807, 2.05) is 14.0 Å². The average Bonchev–Trinajstić information content (AvgIpc) is 3.21. The molecule has 11 heteroatoms. The van der Waals surface area contributed by atoms with Gasteiger partial charge in [0.15, 0.2) is 11.9 Å². The second-order valence-electron chi connectivity index (χ2n) is 9.35. The van der Waals surface area contributed by atoms with E-state index in [9.17, 15) is 14.0 Å². The van der Waals surface area contributed by atoms with Crippen molar-refractivity contribution in [3.05, 3.63) is 41.8 Å². The Morgan fingerprint density at radius 2 is 2.09 bits per heavy atom. The van der Waals surface area contributed by atoms with Crippen molar-refractivity contribution in [3.8, 4) is 0 Å². The summed E-state index contributed by atoms with van der Waals surface area (Å²) in [6.45, 7) is 8.40. The summed E-state index contributed by atoms with van der Waals surface area (Å²) in [5.41, 5.74) is 6.25. The van der Waals surface area contributed by atoms with Gasteiger partial charge >= 0.3 is 6.09 Å². The predicted molar refractivity (Wildman–Crippen MR) is 123 cm³/mol. The van der Waals surface area contributed by atoms with Gasteiger partial charge in [-0.15, -0.1) is 0 Å². The Labute approximate surface area is 197 Å². The number of nitrogens with one attached hydrogen (secondary N) is 1. The van der Waals surface area contributed by atoms with Gasteiger partial charge in [-0.3, -0.25) is 9.48 Å². The summed E-state index contributed by atoms with van der Waals surface area (Å²) in [6.07, 6.45) is 1.81. The SMILES string of the molecule is C=[N+](C)C1CN(C(=O)OCC2(C)COC2)CCC1n1cc(C(N)=O)c(Nc2ccc(F)cc2)n1. The molecule has 4 rings (SSSR count). The van der Waals surface area contributed by atoms with Crippen LogP contribution in [0.5, 0.6) is 0 Å². The number of nitrogens with zero attached hydrogens (tertiary/aromatic N) is 4. The molecule has 0 spiro atoms. The van der Waals surface area contributed by atoms with Gasteiger partial charge in [0.1, 0.15) is 37.8 Å². The molecule has 2 aromatic rings. The zero-order valence-corrected chi connectivity index (χ0v) is 19.4. The first-order valence-electron chi connectivity index (χ1n) is 11.1. The van der Waals surface area contributed by atoms with Crippen molar-refractivity contribution in [2.75, 3.05) is 45.3 Å². The van der Waals surface area contributed by atoms with Crippen LogP contribution in [0.25, 0.3) is 0 Å². The zero-order chi connectivity index (χ0) is 24.5. The van der Waals surface area contributed by atoms with Crippen molar-refractivity contribution in [1.82, 2.24) is 14.7 Å². The summed E-state index contributed by atoms with van der Waals surface area (Å²) < 4.78 is 27.5. The van der Waals surface area contributed by atoms with Gasteiger partial charge in [-0.05, 0) is 30.7 Å². The molecule has 182 valence electrons. The van der Waals surface area contributed by atoms with Crippen LogP contribution in [0.3, 0.4) is 0 Å². The summed E-state index contributed by atoms with van der Waals surface area (Å²) in [7, 11) is 1.83. The monoisotopic (exact) mass is 473 g/mol. The lowest BCUT2D eigenvalue weighted by atomic mass is 9.90. The molecule has 1 aromatic carbocycles.